The highest BCUT2D eigenvalue weighted by molar-refractivity contribution is 7.09. The maximum absolute atomic E-state index is 11.8. The molecule has 1 heterocycles. The molecule has 0 aromatic carbocycles. The van der Waals surface area contributed by atoms with Crippen molar-refractivity contribution in [2.75, 3.05) is 13.7 Å². The van der Waals surface area contributed by atoms with E-state index in [2.05, 4.69) is 18.4 Å². The van der Waals surface area contributed by atoms with Gasteiger partial charge in [-0.25, -0.2) is 0 Å². The zero-order valence-corrected chi connectivity index (χ0v) is 11.4. The molecule has 0 bridgehead atoms. The Bertz CT molecular complexity index is 324. The quantitative estimate of drug-likeness (QED) is 0.760. The molecule has 1 rings (SSSR count). The molecule has 4 heteroatoms. The highest BCUT2D eigenvalue weighted by Crippen LogP contribution is 2.14. The molecule has 0 radical (unpaired) electrons. The lowest BCUT2D eigenvalue weighted by atomic mass is 10.1. The minimum absolute atomic E-state index is 0.168. The Morgan fingerprint density at radius 1 is 1.53 bits per heavy atom. The maximum Gasteiger partial charge on any atom is 0.222 e. The minimum Gasteiger partial charge on any atom is -0.396 e. The van der Waals surface area contributed by atoms with Gasteiger partial charge in [-0.05, 0) is 31.2 Å². The summed E-state index contributed by atoms with van der Waals surface area (Å²) in [6, 6.07) is 4.37. The Hall–Kier alpha value is -0.870. The average Bonchev–Trinajstić information content (AvgIpc) is 2.81. The standard InChI is InChI=1S/C13H21NO2S/c1-11(10-12-6-5-9-17-12)14(2)13(16)7-3-4-8-15/h5-6,9,11,15H,3-4,7-8,10H2,1-2H3. The molecule has 0 saturated carbocycles. The number of nitrogens with zero attached hydrogens (tertiary/aromatic N) is 1. The van der Waals surface area contributed by atoms with Crippen LogP contribution in [0, 0.1) is 0 Å². The number of carbonyl (C=O) groups is 1. The first-order valence-electron chi connectivity index (χ1n) is 6.04. The Labute approximate surface area is 107 Å². The van der Waals surface area contributed by atoms with Crippen molar-refractivity contribution in [2.45, 2.75) is 38.6 Å². The Kier molecular flexibility index (Phi) is 6.22. The van der Waals surface area contributed by atoms with E-state index in [0.29, 0.717) is 12.8 Å². The lowest BCUT2D eigenvalue weighted by Gasteiger charge is -2.24. The molecule has 0 aliphatic carbocycles. The molecular weight excluding hydrogens is 234 g/mol. The molecule has 96 valence electrons. The molecule has 1 amide bonds. The van der Waals surface area contributed by atoms with Crippen molar-refractivity contribution in [3.8, 4) is 0 Å². The molecule has 1 atom stereocenters. The van der Waals surface area contributed by atoms with E-state index in [0.717, 1.165) is 12.8 Å². The molecule has 0 spiro atoms. The SMILES string of the molecule is CC(Cc1cccs1)N(C)C(=O)CCCCO. The van der Waals surface area contributed by atoms with Crippen LogP contribution in [0.25, 0.3) is 0 Å². The van der Waals surface area contributed by atoms with Gasteiger partial charge in [0.15, 0.2) is 0 Å². The van der Waals surface area contributed by atoms with E-state index in [-0.39, 0.29) is 18.6 Å². The molecule has 1 aromatic rings. The van der Waals surface area contributed by atoms with Crippen LogP contribution in [0.5, 0.6) is 0 Å². The van der Waals surface area contributed by atoms with Crippen molar-refractivity contribution in [3.63, 3.8) is 0 Å². The maximum atomic E-state index is 11.8. The Balaban J connectivity index is 2.35. The monoisotopic (exact) mass is 255 g/mol. The van der Waals surface area contributed by atoms with Gasteiger partial charge in [-0.1, -0.05) is 6.07 Å². The summed E-state index contributed by atoms with van der Waals surface area (Å²) in [5, 5.41) is 10.7. The fourth-order valence-corrected chi connectivity index (χ4v) is 2.49. The molecule has 0 saturated heterocycles. The van der Waals surface area contributed by atoms with Gasteiger partial charge in [0.2, 0.25) is 5.91 Å². The Morgan fingerprint density at radius 3 is 2.88 bits per heavy atom. The van der Waals surface area contributed by atoms with E-state index in [4.69, 9.17) is 5.11 Å². The molecule has 0 aliphatic heterocycles. The molecule has 1 N–H and O–H groups in total. The highest BCUT2D eigenvalue weighted by Gasteiger charge is 2.15. The van der Waals surface area contributed by atoms with Crippen molar-refractivity contribution < 1.29 is 9.90 Å². The number of likely N-dealkylation sites (N-methyl/N-ethyl adjacent to an activating group) is 1. The molecule has 1 unspecified atom stereocenters. The van der Waals surface area contributed by atoms with Gasteiger partial charge in [0.05, 0.1) is 0 Å². The third-order valence-corrected chi connectivity index (χ3v) is 3.83. The Morgan fingerprint density at radius 2 is 2.29 bits per heavy atom. The van der Waals surface area contributed by atoms with E-state index in [9.17, 15) is 4.79 Å². The average molecular weight is 255 g/mol. The summed E-state index contributed by atoms with van der Waals surface area (Å²) in [6.07, 6.45) is 2.93. The topological polar surface area (TPSA) is 40.5 Å². The third kappa shape index (κ3) is 4.88. The second kappa shape index (κ2) is 7.45. The van der Waals surface area contributed by atoms with Crippen molar-refractivity contribution in [3.05, 3.63) is 22.4 Å². The van der Waals surface area contributed by atoms with Crippen LogP contribution in [0.1, 0.15) is 31.1 Å². The molecule has 1 aromatic heterocycles. The van der Waals surface area contributed by atoms with Crippen LogP contribution in [-0.4, -0.2) is 35.6 Å². The number of unbranched alkanes of at least 4 members (excludes halogenated alkanes) is 1. The van der Waals surface area contributed by atoms with Crippen molar-refractivity contribution >= 4 is 17.2 Å². The smallest absolute Gasteiger partial charge is 0.222 e. The van der Waals surface area contributed by atoms with E-state index in [1.807, 2.05) is 18.0 Å². The lowest BCUT2D eigenvalue weighted by Crippen LogP contribution is -2.36. The van der Waals surface area contributed by atoms with Gasteiger partial charge in [0.25, 0.3) is 0 Å². The van der Waals surface area contributed by atoms with Crippen molar-refractivity contribution in [1.29, 1.82) is 0 Å². The first kappa shape index (κ1) is 14.2. The number of carbonyl (C=O) groups excluding carboxylic acids is 1. The van der Waals surface area contributed by atoms with Crippen LogP contribution in [0.15, 0.2) is 17.5 Å². The van der Waals surface area contributed by atoms with Gasteiger partial charge >= 0.3 is 0 Å². The largest absolute Gasteiger partial charge is 0.396 e. The summed E-state index contributed by atoms with van der Waals surface area (Å²) in [5.41, 5.74) is 0. The fourth-order valence-electron chi connectivity index (χ4n) is 1.67. The fraction of sp³-hybridized carbons (Fsp3) is 0.615. The summed E-state index contributed by atoms with van der Waals surface area (Å²) in [5.74, 6) is 0.169. The van der Waals surface area contributed by atoms with Crippen LogP contribution >= 0.6 is 11.3 Å². The van der Waals surface area contributed by atoms with Gasteiger partial charge in [-0.2, -0.15) is 0 Å². The van der Waals surface area contributed by atoms with Gasteiger partial charge in [-0.3, -0.25) is 4.79 Å². The third-order valence-electron chi connectivity index (χ3n) is 2.93. The predicted molar refractivity (Wildman–Crippen MR) is 71.2 cm³/mol. The van der Waals surface area contributed by atoms with Crippen LogP contribution in [0.2, 0.25) is 0 Å². The number of rotatable bonds is 7. The number of aliphatic hydroxyl groups excluding tert-OH is 1. The molecule has 3 nitrogen and oxygen atoms in total. The number of hydrogen-bond acceptors (Lipinski definition) is 3. The zero-order valence-electron chi connectivity index (χ0n) is 10.6. The van der Waals surface area contributed by atoms with E-state index < -0.39 is 0 Å². The second-order valence-corrected chi connectivity index (χ2v) is 5.35. The predicted octanol–water partition coefficient (Wildman–Crippen LogP) is 2.30. The summed E-state index contributed by atoms with van der Waals surface area (Å²) in [7, 11) is 1.86. The van der Waals surface area contributed by atoms with E-state index in [1.54, 1.807) is 11.3 Å². The first-order valence-corrected chi connectivity index (χ1v) is 6.92. The summed E-state index contributed by atoms with van der Waals surface area (Å²) >= 11 is 1.73. The van der Waals surface area contributed by atoms with Crippen molar-refractivity contribution in [2.24, 2.45) is 0 Å². The van der Waals surface area contributed by atoms with Crippen LogP contribution < -0.4 is 0 Å². The first-order chi connectivity index (χ1) is 8.15. The second-order valence-electron chi connectivity index (χ2n) is 4.32. The summed E-state index contributed by atoms with van der Waals surface area (Å²) < 4.78 is 0. The molecule has 0 fully saturated rings. The number of amides is 1. The van der Waals surface area contributed by atoms with Gasteiger partial charge in [0.1, 0.15) is 0 Å². The summed E-state index contributed by atoms with van der Waals surface area (Å²) in [6.45, 7) is 2.24. The van der Waals surface area contributed by atoms with Gasteiger partial charge in [0, 0.05) is 37.4 Å². The van der Waals surface area contributed by atoms with E-state index in [1.165, 1.54) is 4.88 Å². The molecule has 17 heavy (non-hydrogen) atoms. The van der Waals surface area contributed by atoms with Crippen LogP contribution in [0.4, 0.5) is 0 Å². The van der Waals surface area contributed by atoms with Gasteiger partial charge < -0.3 is 10.0 Å². The lowest BCUT2D eigenvalue weighted by molar-refractivity contribution is -0.131. The summed E-state index contributed by atoms with van der Waals surface area (Å²) in [4.78, 5) is 15.0. The van der Waals surface area contributed by atoms with Crippen molar-refractivity contribution in [1.82, 2.24) is 4.90 Å². The van der Waals surface area contributed by atoms with Crippen LogP contribution in [-0.2, 0) is 11.2 Å². The molecular formula is C13H21NO2S. The normalized spacial score (nSPS) is 12.4. The number of hydrogen-bond donors (Lipinski definition) is 1. The number of aliphatic hydroxyl groups is 1. The zero-order chi connectivity index (χ0) is 12.7. The minimum atomic E-state index is 0.168. The van der Waals surface area contributed by atoms with Crippen LogP contribution in [0.3, 0.4) is 0 Å². The molecule has 0 aliphatic rings. The van der Waals surface area contributed by atoms with Gasteiger partial charge in [-0.15, -0.1) is 11.3 Å². The van der Waals surface area contributed by atoms with E-state index >= 15 is 0 Å². The number of thiophene rings is 1. The highest BCUT2D eigenvalue weighted by atomic mass is 32.1.